The highest BCUT2D eigenvalue weighted by Gasteiger charge is 2.46. The van der Waals surface area contributed by atoms with Gasteiger partial charge in [-0.05, 0) is 114 Å². The van der Waals surface area contributed by atoms with Gasteiger partial charge in [0.1, 0.15) is 11.2 Å². The van der Waals surface area contributed by atoms with Crippen LogP contribution in [-0.4, -0.2) is 15.0 Å². The maximum Gasteiger partial charge on any atom is 0.164 e. The first-order valence-electron chi connectivity index (χ1n) is 24.5. The molecule has 4 nitrogen and oxygen atoms in total. The fourth-order valence-corrected chi connectivity index (χ4v) is 11.4. The number of fused-ring (bicyclic) bond motifs is 8. The quantitative estimate of drug-likeness (QED) is 0.152. The van der Waals surface area contributed by atoms with Crippen LogP contribution in [0, 0.1) is 0 Å². The van der Waals surface area contributed by atoms with Crippen LogP contribution in [0.4, 0.5) is 0 Å². The molecule has 0 saturated heterocycles. The smallest absolute Gasteiger partial charge is 0.164 e. The number of hydrogen-bond acceptors (Lipinski definition) is 4. The summed E-state index contributed by atoms with van der Waals surface area (Å²) in [5.74, 6) is 1.75. The van der Waals surface area contributed by atoms with Gasteiger partial charge in [-0.15, -0.1) is 0 Å². The average molecular weight is 918 g/mol. The minimum absolute atomic E-state index is 0.514. The first kappa shape index (κ1) is 41.5. The van der Waals surface area contributed by atoms with Crippen molar-refractivity contribution in [1.82, 2.24) is 15.0 Å². The zero-order valence-corrected chi connectivity index (χ0v) is 39.1. The molecule has 2 heterocycles. The van der Waals surface area contributed by atoms with Gasteiger partial charge >= 0.3 is 0 Å². The fourth-order valence-electron chi connectivity index (χ4n) is 11.4. The van der Waals surface area contributed by atoms with Crippen molar-refractivity contribution in [2.24, 2.45) is 0 Å². The molecule has 0 fully saturated rings. The Kier molecular flexibility index (Phi) is 9.71. The summed E-state index contributed by atoms with van der Waals surface area (Å²) in [7, 11) is 0. The summed E-state index contributed by atoms with van der Waals surface area (Å²) in [6.45, 7) is 0. The molecular weight excluding hydrogens is 875 g/mol. The van der Waals surface area contributed by atoms with Crippen molar-refractivity contribution in [2.75, 3.05) is 0 Å². The van der Waals surface area contributed by atoms with Crippen LogP contribution in [-0.2, 0) is 5.41 Å². The van der Waals surface area contributed by atoms with E-state index in [1.54, 1.807) is 0 Å². The van der Waals surface area contributed by atoms with Crippen LogP contribution in [0.2, 0.25) is 0 Å². The molecule has 1 aliphatic rings. The van der Waals surface area contributed by atoms with Crippen LogP contribution in [0.15, 0.2) is 265 Å². The van der Waals surface area contributed by atoms with Gasteiger partial charge in [0.25, 0.3) is 0 Å². The zero-order valence-electron chi connectivity index (χ0n) is 39.1. The first-order chi connectivity index (χ1) is 35.7. The van der Waals surface area contributed by atoms with Crippen molar-refractivity contribution in [2.45, 2.75) is 5.41 Å². The van der Waals surface area contributed by atoms with Gasteiger partial charge in [0.15, 0.2) is 17.5 Å². The summed E-state index contributed by atoms with van der Waals surface area (Å²) >= 11 is 0. The summed E-state index contributed by atoms with van der Waals surface area (Å²) in [6, 6.07) is 93.2. The zero-order chi connectivity index (χ0) is 47.6. The van der Waals surface area contributed by atoms with Crippen LogP contribution in [0.1, 0.15) is 22.3 Å². The van der Waals surface area contributed by atoms with E-state index in [2.05, 4.69) is 237 Å². The molecule has 0 atom stereocenters. The van der Waals surface area contributed by atoms with Gasteiger partial charge in [-0.2, -0.15) is 0 Å². The van der Waals surface area contributed by atoms with E-state index >= 15 is 0 Å². The predicted octanol–water partition coefficient (Wildman–Crippen LogP) is 17.3. The Balaban J connectivity index is 1.04. The van der Waals surface area contributed by atoms with E-state index in [0.717, 1.165) is 82.8 Å². The van der Waals surface area contributed by atoms with Crippen LogP contribution in [0.25, 0.3) is 111 Å². The molecule has 0 radical (unpaired) electrons. The maximum atomic E-state index is 6.46. The molecule has 0 spiro atoms. The lowest BCUT2D eigenvalue weighted by atomic mass is 9.67. The van der Waals surface area contributed by atoms with E-state index in [9.17, 15) is 0 Å². The molecule has 72 heavy (non-hydrogen) atoms. The minimum Gasteiger partial charge on any atom is -0.456 e. The van der Waals surface area contributed by atoms with Gasteiger partial charge in [0.2, 0.25) is 0 Å². The van der Waals surface area contributed by atoms with Crippen LogP contribution < -0.4 is 0 Å². The molecule has 0 N–H and O–H groups in total. The third kappa shape index (κ3) is 6.64. The third-order valence-electron chi connectivity index (χ3n) is 14.6. The normalized spacial score (nSPS) is 12.6. The Hall–Kier alpha value is -9.51. The van der Waals surface area contributed by atoms with Crippen molar-refractivity contribution in [3.05, 3.63) is 283 Å². The van der Waals surface area contributed by atoms with E-state index in [1.807, 2.05) is 24.3 Å². The number of benzene rings is 11. The Labute approximate surface area is 417 Å². The highest BCUT2D eigenvalue weighted by molar-refractivity contribution is 6.19. The van der Waals surface area contributed by atoms with Crippen LogP contribution in [0.5, 0.6) is 0 Å². The second-order valence-electron chi connectivity index (χ2n) is 18.6. The summed E-state index contributed by atoms with van der Waals surface area (Å²) < 4.78 is 6.46. The molecule has 1 aliphatic carbocycles. The number of aromatic nitrogens is 3. The minimum atomic E-state index is -0.514. The lowest BCUT2D eigenvalue weighted by molar-refractivity contribution is 0.669. The highest BCUT2D eigenvalue weighted by atomic mass is 16.3. The van der Waals surface area contributed by atoms with Crippen LogP contribution in [0.3, 0.4) is 0 Å². The number of furan rings is 1. The molecule has 11 aromatic carbocycles. The van der Waals surface area contributed by atoms with Crippen molar-refractivity contribution >= 4 is 32.7 Å². The SMILES string of the molecule is c1ccc(-c2cc(-c3ccc4c(c3)-c3ccccc3C4(c3ccccc3)c3ccccc3)c(-c3ccccc3)c(-c3nc(-c4ccccc4)nc(-c4ccc5oc6ccc7ccccc7c6c5c4)n3)c2)cc1. The molecule has 14 rings (SSSR count). The van der Waals surface area contributed by atoms with Gasteiger partial charge in [0.05, 0.1) is 5.41 Å². The Bertz CT molecular complexity index is 4150. The number of nitrogens with zero attached hydrogens (tertiary/aromatic N) is 3. The van der Waals surface area contributed by atoms with Crippen molar-refractivity contribution in [3.63, 3.8) is 0 Å². The van der Waals surface area contributed by atoms with Gasteiger partial charge in [0, 0.05) is 33.0 Å². The molecule has 0 aliphatic heterocycles. The largest absolute Gasteiger partial charge is 0.456 e. The Morgan fingerprint density at radius 3 is 1.54 bits per heavy atom. The van der Waals surface area contributed by atoms with Crippen LogP contribution >= 0.6 is 0 Å². The van der Waals surface area contributed by atoms with Crippen molar-refractivity contribution in [3.8, 4) is 78.7 Å². The summed E-state index contributed by atoms with van der Waals surface area (Å²) in [5, 5.41) is 4.40. The monoisotopic (exact) mass is 917 g/mol. The Morgan fingerprint density at radius 2 is 0.819 bits per heavy atom. The molecule has 4 heteroatoms. The van der Waals surface area contributed by atoms with Gasteiger partial charge in [-0.1, -0.05) is 218 Å². The lowest BCUT2D eigenvalue weighted by Gasteiger charge is -2.34. The van der Waals surface area contributed by atoms with Crippen molar-refractivity contribution in [1.29, 1.82) is 0 Å². The number of hydrogen-bond donors (Lipinski definition) is 0. The average Bonchev–Trinajstić information content (AvgIpc) is 3.99. The maximum absolute atomic E-state index is 6.46. The van der Waals surface area contributed by atoms with E-state index in [4.69, 9.17) is 19.4 Å². The van der Waals surface area contributed by atoms with Gasteiger partial charge in [-0.3, -0.25) is 0 Å². The first-order valence-corrected chi connectivity index (χ1v) is 24.5. The topological polar surface area (TPSA) is 51.8 Å². The second kappa shape index (κ2) is 16.9. The number of rotatable bonds is 8. The van der Waals surface area contributed by atoms with Gasteiger partial charge in [-0.25, -0.2) is 15.0 Å². The molecule has 336 valence electrons. The Morgan fingerprint density at radius 1 is 0.292 bits per heavy atom. The lowest BCUT2D eigenvalue weighted by Crippen LogP contribution is -2.28. The fraction of sp³-hybridized carbons (Fsp3) is 0.0147. The van der Waals surface area contributed by atoms with E-state index in [0.29, 0.717) is 17.5 Å². The van der Waals surface area contributed by atoms with E-state index in [1.165, 1.54) is 33.4 Å². The van der Waals surface area contributed by atoms with Gasteiger partial charge < -0.3 is 4.42 Å². The molecule has 13 aromatic rings. The molecule has 0 unspecified atom stereocenters. The summed E-state index contributed by atoms with van der Waals surface area (Å²) in [6.07, 6.45) is 0. The summed E-state index contributed by atoms with van der Waals surface area (Å²) in [4.78, 5) is 16.2. The standard InChI is InChI=1S/C68H43N3O/c1-6-20-44(21-7-1)50-42-55(48-34-37-60-56(40-48)54-32-18-19-33-59(54)68(60,51-27-12-4-13-28-51)52-29-14-5-15-30-52)63(46-23-8-2-9-24-46)58(43-50)67-70-65(47-25-10-3-11-26-47)69-66(71-67)49-36-38-61-57(41-49)64-53-31-17-16-22-45(53)35-39-62(64)72-61/h1-43H. The third-order valence-corrected chi connectivity index (χ3v) is 14.6. The molecule has 0 amide bonds. The second-order valence-corrected chi connectivity index (χ2v) is 18.6. The molecule has 2 aromatic heterocycles. The molecule has 0 bridgehead atoms. The molecular formula is C68H43N3O. The molecule has 0 saturated carbocycles. The summed E-state index contributed by atoms with van der Waals surface area (Å²) in [5.41, 5.74) is 17.7. The van der Waals surface area contributed by atoms with E-state index in [-0.39, 0.29) is 0 Å². The van der Waals surface area contributed by atoms with Crippen molar-refractivity contribution < 1.29 is 4.42 Å². The highest BCUT2D eigenvalue weighted by Crippen LogP contribution is 2.57. The predicted molar refractivity (Wildman–Crippen MR) is 295 cm³/mol. The van der Waals surface area contributed by atoms with E-state index < -0.39 is 5.41 Å².